The summed E-state index contributed by atoms with van der Waals surface area (Å²) >= 11 is 0. The van der Waals surface area contributed by atoms with Gasteiger partial charge in [0.2, 0.25) is 0 Å². The average molecular weight is 207 g/mol. The predicted octanol–water partition coefficient (Wildman–Crippen LogP) is 2.72. The van der Waals surface area contributed by atoms with Crippen LogP contribution in [0.3, 0.4) is 0 Å². The third kappa shape index (κ3) is 4.96. The van der Waals surface area contributed by atoms with Crippen LogP contribution in [0.1, 0.15) is 31.4 Å². The molecule has 0 aliphatic heterocycles. The summed E-state index contributed by atoms with van der Waals surface area (Å²) < 4.78 is 5.51. The maximum atomic E-state index is 5.51. The van der Waals surface area contributed by atoms with Gasteiger partial charge in [0, 0.05) is 13.2 Å². The van der Waals surface area contributed by atoms with Gasteiger partial charge < -0.3 is 10.1 Å². The summed E-state index contributed by atoms with van der Waals surface area (Å²) in [5.41, 5.74) is 2.59. The van der Waals surface area contributed by atoms with Crippen LogP contribution in [0.25, 0.3) is 0 Å². The van der Waals surface area contributed by atoms with E-state index in [1.165, 1.54) is 11.1 Å². The van der Waals surface area contributed by atoms with Gasteiger partial charge in [-0.3, -0.25) is 0 Å². The third-order valence-corrected chi connectivity index (χ3v) is 2.19. The van der Waals surface area contributed by atoms with Crippen LogP contribution in [-0.2, 0) is 17.9 Å². The lowest BCUT2D eigenvalue weighted by Crippen LogP contribution is -2.11. The van der Waals surface area contributed by atoms with Gasteiger partial charge in [-0.05, 0) is 24.1 Å². The quantitative estimate of drug-likeness (QED) is 0.694. The first kappa shape index (κ1) is 12.2. The van der Waals surface area contributed by atoms with Gasteiger partial charge in [-0.15, -0.1) is 0 Å². The van der Waals surface area contributed by atoms with E-state index in [4.69, 9.17) is 4.74 Å². The van der Waals surface area contributed by atoms with Gasteiger partial charge in [0.15, 0.2) is 0 Å². The van der Waals surface area contributed by atoms with Crippen molar-refractivity contribution in [1.82, 2.24) is 5.32 Å². The number of nitrogens with one attached hydrogen (secondary N) is 1. The largest absolute Gasteiger partial charge is 0.377 e. The molecule has 0 heterocycles. The molecule has 0 bridgehead atoms. The van der Waals surface area contributed by atoms with E-state index in [1.54, 1.807) is 0 Å². The van der Waals surface area contributed by atoms with E-state index < -0.39 is 0 Å². The van der Waals surface area contributed by atoms with Crippen molar-refractivity contribution in [3.63, 3.8) is 0 Å². The first-order chi connectivity index (χ1) is 7.36. The fourth-order valence-corrected chi connectivity index (χ4v) is 1.43. The van der Waals surface area contributed by atoms with E-state index in [0.29, 0.717) is 0 Å². The van der Waals surface area contributed by atoms with Crippen LogP contribution in [0.5, 0.6) is 0 Å². The van der Waals surface area contributed by atoms with Crippen molar-refractivity contribution < 1.29 is 4.74 Å². The molecular weight excluding hydrogens is 186 g/mol. The Morgan fingerprint density at radius 2 is 2.00 bits per heavy atom. The minimum absolute atomic E-state index is 0.730. The maximum absolute atomic E-state index is 5.51. The van der Waals surface area contributed by atoms with Gasteiger partial charge in [-0.25, -0.2) is 0 Å². The molecule has 2 nitrogen and oxygen atoms in total. The molecule has 84 valence electrons. The molecule has 0 aliphatic carbocycles. The topological polar surface area (TPSA) is 21.3 Å². The first-order valence-electron chi connectivity index (χ1n) is 5.73. The van der Waals surface area contributed by atoms with E-state index in [-0.39, 0.29) is 0 Å². The Bertz CT molecular complexity index is 273. The van der Waals surface area contributed by atoms with Crippen LogP contribution in [0.4, 0.5) is 0 Å². The second-order valence-electron chi connectivity index (χ2n) is 3.65. The summed E-state index contributed by atoms with van der Waals surface area (Å²) in [4.78, 5) is 0. The van der Waals surface area contributed by atoms with Crippen LogP contribution < -0.4 is 5.32 Å². The highest BCUT2D eigenvalue weighted by Gasteiger charge is 1.95. The summed E-state index contributed by atoms with van der Waals surface area (Å²) in [6, 6.07) is 8.56. The Hall–Kier alpha value is -0.860. The zero-order valence-corrected chi connectivity index (χ0v) is 9.75. The van der Waals surface area contributed by atoms with Crippen LogP contribution >= 0.6 is 0 Å². The molecule has 15 heavy (non-hydrogen) atoms. The minimum Gasteiger partial charge on any atom is -0.377 e. The Morgan fingerprint density at radius 3 is 2.73 bits per heavy atom. The number of hydrogen-bond donors (Lipinski definition) is 1. The van der Waals surface area contributed by atoms with Gasteiger partial charge >= 0.3 is 0 Å². The van der Waals surface area contributed by atoms with Crippen molar-refractivity contribution in [2.75, 3.05) is 13.2 Å². The average Bonchev–Trinajstić information content (AvgIpc) is 2.27. The van der Waals surface area contributed by atoms with Crippen molar-refractivity contribution in [3.8, 4) is 0 Å². The van der Waals surface area contributed by atoms with Crippen molar-refractivity contribution in [2.45, 2.75) is 33.4 Å². The lowest BCUT2D eigenvalue weighted by Gasteiger charge is -2.06. The van der Waals surface area contributed by atoms with Gasteiger partial charge in [0.05, 0.1) is 6.61 Å². The number of hydrogen-bond acceptors (Lipinski definition) is 2. The molecule has 0 radical (unpaired) electrons. The SMILES string of the molecule is CCCOCc1cccc(CNCC)c1. The maximum Gasteiger partial charge on any atom is 0.0716 e. The number of ether oxygens (including phenoxy) is 1. The molecule has 0 aliphatic rings. The summed E-state index contributed by atoms with van der Waals surface area (Å²) in [6.07, 6.45) is 1.08. The fourth-order valence-electron chi connectivity index (χ4n) is 1.43. The molecule has 1 rings (SSSR count). The molecule has 0 saturated heterocycles. The highest BCUT2D eigenvalue weighted by atomic mass is 16.5. The van der Waals surface area contributed by atoms with Crippen LogP contribution in [-0.4, -0.2) is 13.2 Å². The number of rotatable bonds is 7. The molecule has 0 fully saturated rings. The van der Waals surface area contributed by atoms with Gasteiger partial charge in [0.25, 0.3) is 0 Å². The van der Waals surface area contributed by atoms with Crippen LogP contribution in [0, 0.1) is 0 Å². The Labute approximate surface area is 92.6 Å². The molecule has 2 heteroatoms. The molecule has 0 unspecified atom stereocenters. The monoisotopic (exact) mass is 207 g/mol. The third-order valence-electron chi connectivity index (χ3n) is 2.19. The minimum atomic E-state index is 0.730. The zero-order valence-electron chi connectivity index (χ0n) is 9.75. The van der Waals surface area contributed by atoms with Crippen LogP contribution in [0.2, 0.25) is 0 Å². The highest BCUT2D eigenvalue weighted by Crippen LogP contribution is 2.06. The van der Waals surface area contributed by atoms with Crippen molar-refractivity contribution in [2.24, 2.45) is 0 Å². The summed E-state index contributed by atoms with van der Waals surface area (Å²) in [5.74, 6) is 0. The molecule has 0 aromatic heterocycles. The molecule has 1 aromatic carbocycles. The van der Waals surface area contributed by atoms with Crippen molar-refractivity contribution in [1.29, 1.82) is 0 Å². The van der Waals surface area contributed by atoms with Gasteiger partial charge in [0.1, 0.15) is 0 Å². The Kier molecular flexibility index (Phi) is 6.05. The van der Waals surface area contributed by atoms with Gasteiger partial charge in [-0.1, -0.05) is 38.1 Å². The second kappa shape index (κ2) is 7.43. The smallest absolute Gasteiger partial charge is 0.0716 e. The van der Waals surface area contributed by atoms with Crippen LogP contribution in [0.15, 0.2) is 24.3 Å². The summed E-state index contributed by atoms with van der Waals surface area (Å²) in [6.45, 7) is 7.77. The summed E-state index contributed by atoms with van der Waals surface area (Å²) in [5, 5.41) is 3.32. The van der Waals surface area contributed by atoms with E-state index in [1.807, 2.05) is 0 Å². The lowest BCUT2D eigenvalue weighted by molar-refractivity contribution is 0.121. The van der Waals surface area contributed by atoms with E-state index >= 15 is 0 Å². The van der Waals surface area contributed by atoms with Crippen molar-refractivity contribution >= 4 is 0 Å². The molecule has 0 saturated carbocycles. The predicted molar refractivity (Wildman–Crippen MR) is 63.8 cm³/mol. The molecule has 0 amide bonds. The highest BCUT2D eigenvalue weighted by molar-refractivity contribution is 5.22. The van der Waals surface area contributed by atoms with E-state index in [2.05, 4.69) is 43.4 Å². The number of benzene rings is 1. The Morgan fingerprint density at radius 1 is 1.20 bits per heavy atom. The van der Waals surface area contributed by atoms with Gasteiger partial charge in [-0.2, -0.15) is 0 Å². The molecule has 1 N–H and O–H groups in total. The van der Waals surface area contributed by atoms with E-state index in [9.17, 15) is 0 Å². The standard InChI is InChI=1S/C13H21NO/c1-3-8-15-11-13-7-5-6-12(9-13)10-14-4-2/h5-7,9,14H,3-4,8,10-11H2,1-2H3. The normalized spacial score (nSPS) is 10.5. The molecular formula is C13H21NO. The lowest BCUT2D eigenvalue weighted by atomic mass is 10.1. The molecule has 0 spiro atoms. The summed E-state index contributed by atoms with van der Waals surface area (Å²) in [7, 11) is 0. The second-order valence-corrected chi connectivity index (χ2v) is 3.65. The first-order valence-corrected chi connectivity index (χ1v) is 5.73. The molecule has 1 aromatic rings. The van der Waals surface area contributed by atoms with Crippen molar-refractivity contribution in [3.05, 3.63) is 35.4 Å². The van der Waals surface area contributed by atoms with E-state index in [0.717, 1.165) is 32.7 Å². The Balaban J connectivity index is 2.42. The molecule has 0 atom stereocenters. The zero-order chi connectivity index (χ0) is 10.9. The fraction of sp³-hybridized carbons (Fsp3) is 0.538.